The lowest BCUT2D eigenvalue weighted by Gasteiger charge is -2.29. The third-order valence-electron chi connectivity index (χ3n) is 5.09. The average molecular weight is 426 g/mol. The number of hydrazone groups is 1. The van der Waals surface area contributed by atoms with Gasteiger partial charge in [0.05, 0.1) is 12.2 Å². The Balaban J connectivity index is 1.86. The molecule has 0 radical (unpaired) electrons. The van der Waals surface area contributed by atoms with Crippen LogP contribution < -0.4 is 16.5 Å². The summed E-state index contributed by atoms with van der Waals surface area (Å²) in [5.74, 6) is 4.89. The summed E-state index contributed by atoms with van der Waals surface area (Å²) in [5.41, 5.74) is 3.95. The van der Waals surface area contributed by atoms with Crippen LogP contribution in [0.5, 0.6) is 0 Å². The smallest absolute Gasteiger partial charge is 0.251 e. The number of pyridine rings is 1. The number of aliphatic imine (C=N–C) groups is 1. The van der Waals surface area contributed by atoms with E-state index in [1.807, 2.05) is 12.3 Å². The van der Waals surface area contributed by atoms with Crippen molar-refractivity contribution in [1.82, 2.24) is 20.5 Å². The van der Waals surface area contributed by atoms with E-state index in [4.69, 9.17) is 5.84 Å². The number of nitrogens with zero attached hydrogens (tertiary/aromatic N) is 4. The molecule has 0 spiro atoms. The van der Waals surface area contributed by atoms with Gasteiger partial charge in [-0.3, -0.25) is 14.8 Å². The zero-order valence-corrected chi connectivity index (χ0v) is 18.7. The van der Waals surface area contributed by atoms with E-state index in [9.17, 15) is 4.79 Å². The van der Waals surface area contributed by atoms with Gasteiger partial charge in [0.25, 0.3) is 5.91 Å². The van der Waals surface area contributed by atoms with Gasteiger partial charge in [0, 0.05) is 69.0 Å². The second-order valence-electron chi connectivity index (χ2n) is 7.24. The van der Waals surface area contributed by atoms with E-state index in [0.717, 1.165) is 57.7 Å². The standard InChI is InChI=1S/C23H35N7O/c1-3-19(6-5-8-26-18-22(4-2)30-14-12-25-13-15-30)16-21-17-20(7-9-27-21)23(31)28-10-11-29-24/h4,6-7,9,11,17-18,25H,3,5,8,10,12-16,24H2,1-2H3,(H,28,31)/b19-6+,22-4+,26-18?,29-11+. The predicted molar refractivity (Wildman–Crippen MR) is 128 cm³/mol. The van der Waals surface area contributed by atoms with Gasteiger partial charge in [0.15, 0.2) is 0 Å². The number of carbonyl (C=O) groups excluding carboxylic acids is 1. The molecular formula is C23H35N7O. The SMILES string of the molecule is C/C=C(\C=NCC/C=C(\CC)Cc1cc(C(=O)NC/C=N/N)ccn1)N1CCNCC1. The van der Waals surface area contributed by atoms with Crippen molar-refractivity contribution in [1.29, 1.82) is 0 Å². The summed E-state index contributed by atoms with van der Waals surface area (Å²) < 4.78 is 0. The van der Waals surface area contributed by atoms with Crippen molar-refractivity contribution in [3.8, 4) is 0 Å². The van der Waals surface area contributed by atoms with Crippen molar-refractivity contribution in [3.63, 3.8) is 0 Å². The molecule has 1 aromatic rings. The first-order valence-electron chi connectivity index (χ1n) is 10.9. The molecule has 1 aliphatic rings. The second-order valence-corrected chi connectivity index (χ2v) is 7.24. The van der Waals surface area contributed by atoms with Crippen molar-refractivity contribution in [2.45, 2.75) is 33.1 Å². The van der Waals surface area contributed by atoms with E-state index in [0.29, 0.717) is 12.1 Å². The average Bonchev–Trinajstić information content (AvgIpc) is 2.81. The van der Waals surface area contributed by atoms with Crippen LogP contribution in [0, 0.1) is 0 Å². The highest BCUT2D eigenvalue weighted by atomic mass is 16.1. The number of nitrogens with two attached hydrogens (primary N) is 1. The Labute approximate surface area is 185 Å². The molecule has 168 valence electrons. The highest BCUT2D eigenvalue weighted by Crippen LogP contribution is 2.12. The maximum Gasteiger partial charge on any atom is 0.251 e. The first-order chi connectivity index (χ1) is 15.2. The van der Waals surface area contributed by atoms with Crippen LogP contribution in [0.1, 0.15) is 42.7 Å². The number of aromatic nitrogens is 1. The van der Waals surface area contributed by atoms with Crippen molar-refractivity contribution in [3.05, 3.63) is 53.0 Å². The number of piperazine rings is 1. The lowest BCUT2D eigenvalue weighted by atomic mass is 10.0. The second kappa shape index (κ2) is 14.1. The summed E-state index contributed by atoms with van der Waals surface area (Å²) in [6.07, 6.45) is 12.0. The highest BCUT2D eigenvalue weighted by Gasteiger charge is 2.10. The number of rotatable bonds is 11. The van der Waals surface area contributed by atoms with Gasteiger partial charge >= 0.3 is 0 Å². The molecule has 8 heteroatoms. The fourth-order valence-electron chi connectivity index (χ4n) is 3.35. The first-order valence-corrected chi connectivity index (χ1v) is 10.9. The first kappa shape index (κ1) is 24.3. The fourth-order valence-corrected chi connectivity index (χ4v) is 3.35. The molecule has 0 saturated carbocycles. The summed E-state index contributed by atoms with van der Waals surface area (Å²) in [7, 11) is 0. The van der Waals surface area contributed by atoms with Crippen LogP contribution in [-0.2, 0) is 6.42 Å². The molecule has 0 unspecified atom stereocenters. The van der Waals surface area contributed by atoms with E-state index in [2.05, 4.69) is 56.6 Å². The Bertz CT molecular complexity index is 808. The number of amides is 1. The summed E-state index contributed by atoms with van der Waals surface area (Å²) in [6, 6.07) is 3.54. The van der Waals surface area contributed by atoms with Crippen molar-refractivity contribution >= 4 is 18.3 Å². The van der Waals surface area contributed by atoms with Crippen LogP contribution in [0.4, 0.5) is 0 Å². The van der Waals surface area contributed by atoms with E-state index in [-0.39, 0.29) is 5.91 Å². The van der Waals surface area contributed by atoms with Crippen LogP contribution in [0.2, 0.25) is 0 Å². The van der Waals surface area contributed by atoms with Crippen molar-refractivity contribution in [2.24, 2.45) is 15.9 Å². The maximum absolute atomic E-state index is 12.2. The summed E-state index contributed by atoms with van der Waals surface area (Å²) in [6.45, 7) is 9.35. The molecular weight excluding hydrogens is 390 g/mol. The number of carbonyl (C=O) groups is 1. The summed E-state index contributed by atoms with van der Waals surface area (Å²) in [4.78, 5) is 23.6. The van der Waals surface area contributed by atoms with E-state index in [1.54, 1.807) is 12.3 Å². The third kappa shape index (κ3) is 8.72. The van der Waals surface area contributed by atoms with Crippen LogP contribution >= 0.6 is 0 Å². The van der Waals surface area contributed by atoms with Gasteiger partial charge in [-0.05, 0) is 31.9 Å². The number of allylic oxidation sites excluding steroid dienone is 3. The molecule has 2 rings (SSSR count). The monoisotopic (exact) mass is 425 g/mol. The van der Waals surface area contributed by atoms with Gasteiger partial charge in [0.1, 0.15) is 0 Å². The van der Waals surface area contributed by atoms with Crippen LogP contribution in [0.25, 0.3) is 0 Å². The van der Waals surface area contributed by atoms with E-state index < -0.39 is 0 Å². The molecule has 0 atom stereocenters. The minimum absolute atomic E-state index is 0.163. The molecule has 1 saturated heterocycles. The lowest BCUT2D eigenvalue weighted by Crippen LogP contribution is -2.43. The highest BCUT2D eigenvalue weighted by molar-refractivity contribution is 5.95. The Morgan fingerprint density at radius 2 is 2.19 bits per heavy atom. The Kier molecular flexibility index (Phi) is 11.0. The Morgan fingerprint density at radius 3 is 2.90 bits per heavy atom. The largest absolute Gasteiger partial charge is 0.368 e. The van der Waals surface area contributed by atoms with Crippen LogP contribution in [0.3, 0.4) is 0 Å². The van der Waals surface area contributed by atoms with E-state index in [1.165, 1.54) is 17.5 Å². The number of nitrogens with one attached hydrogen (secondary N) is 2. The van der Waals surface area contributed by atoms with Gasteiger partial charge in [0.2, 0.25) is 0 Å². The number of hydrogen-bond acceptors (Lipinski definition) is 7. The molecule has 0 aliphatic carbocycles. The van der Waals surface area contributed by atoms with Gasteiger partial charge in [-0.2, -0.15) is 5.10 Å². The minimum Gasteiger partial charge on any atom is -0.368 e. The molecule has 1 fully saturated rings. The molecule has 4 N–H and O–H groups in total. The Hall–Kier alpha value is -3.00. The lowest BCUT2D eigenvalue weighted by molar-refractivity contribution is 0.0959. The number of hydrogen-bond donors (Lipinski definition) is 3. The fraction of sp³-hybridized carbons (Fsp3) is 0.478. The zero-order valence-electron chi connectivity index (χ0n) is 18.7. The predicted octanol–water partition coefficient (Wildman–Crippen LogP) is 1.90. The van der Waals surface area contributed by atoms with E-state index >= 15 is 0 Å². The molecule has 1 aromatic heterocycles. The quantitative estimate of drug-likeness (QED) is 0.165. The summed E-state index contributed by atoms with van der Waals surface area (Å²) >= 11 is 0. The molecule has 0 bridgehead atoms. The molecule has 1 amide bonds. The molecule has 1 aliphatic heterocycles. The Morgan fingerprint density at radius 1 is 1.39 bits per heavy atom. The molecule has 8 nitrogen and oxygen atoms in total. The molecule has 31 heavy (non-hydrogen) atoms. The minimum atomic E-state index is -0.163. The van der Waals surface area contributed by atoms with Gasteiger partial charge in [-0.1, -0.05) is 24.6 Å². The van der Waals surface area contributed by atoms with Gasteiger partial charge in [-0.25, -0.2) is 0 Å². The third-order valence-corrected chi connectivity index (χ3v) is 5.09. The van der Waals surface area contributed by atoms with Gasteiger partial charge in [-0.15, -0.1) is 0 Å². The van der Waals surface area contributed by atoms with Crippen LogP contribution in [-0.4, -0.2) is 67.5 Å². The van der Waals surface area contributed by atoms with Crippen LogP contribution in [0.15, 0.2) is 51.8 Å². The summed E-state index contributed by atoms with van der Waals surface area (Å²) in [5, 5.41) is 9.49. The van der Waals surface area contributed by atoms with Crippen molar-refractivity contribution < 1.29 is 4.79 Å². The zero-order chi connectivity index (χ0) is 22.3. The topological polar surface area (TPSA) is 108 Å². The van der Waals surface area contributed by atoms with Gasteiger partial charge < -0.3 is 21.4 Å². The normalized spacial score (nSPS) is 15.7. The maximum atomic E-state index is 12.2. The van der Waals surface area contributed by atoms with Crippen molar-refractivity contribution in [2.75, 3.05) is 39.3 Å². The molecule has 2 heterocycles. The molecule has 0 aromatic carbocycles.